The third-order valence-corrected chi connectivity index (χ3v) is 3.59. The second-order valence-electron chi connectivity index (χ2n) is 6.85. The van der Waals surface area contributed by atoms with Crippen LogP contribution in [-0.4, -0.2) is 30.1 Å². The SMILES string of the molecule is CC(C)CC(CC(C)C)NCCOC(=O)c1ccc([N+](=O)[O-])cc1. The van der Waals surface area contributed by atoms with Gasteiger partial charge in [0, 0.05) is 24.7 Å². The van der Waals surface area contributed by atoms with Gasteiger partial charge >= 0.3 is 5.97 Å². The molecular weight excluding hydrogens is 308 g/mol. The van der Waals surface area contributed by atoms with Crippen LogP contribution in [0.3, 0.4) is 0 Å². The van der Waals surface area contributed by atoms with Crippen molar-refractivity contribution >= 4 is 11.7 Å². The van der Waals surface area contributed by atoms with E-state index in [0.717, 1.165) is 12.8 Å². The Kier molecular flexibility index (Phi) is 8.40. The van der Waals surface area contributed by atoms with Crippen LogP contribution in [0.5, 0.6) is 0 Å². The monoisotopic (exact) mass is 336 g/mol. The average molecular weight is 336 g/mol. The Labute approximate surface area is 143 Å². The molecule has 6 nitrogen and oxygen atoms in total. The van der Waals surface area contributed by atoms with E-state index in [1.165, 1.54) is 24.3 Å². The largest absolute Gasteiger partial charge is 0.461 e. The van der Waals surface area contributed by atoms with Crippen LogP contribution in [0.25, 0.3) is 0 Å². The maximum atomic E-state index is 11.9. The molecule has 0 spiro atoms. The van der Waals surface area contributed by atoms with Crippen LogP contribution in [0.2, 0.25) is 0 Å². The Morgan fingerprint density at radius 1 is 1.12 bits per heavy atom. The fraction of sp³-hybridized carbons (Fsp3) is 0.611. The summed E-state index contributed by atoms with van der Waals surface area (Å²) in [5.74, 6) is 0.767. The van der Waals surface area contributed by atoms with Crippen molar-refractivity contribution in [3.05, 3.63) is 39.9 Å². The van der Waals surface area contributed by atoms with E-state index >= 15 is 0 Å². The lowest BCUT2D eigenvalue weighted by Crippen LogP contribution is -2.34. The minimum absolute atomic E-state index is 0.0431. The lowest BCUT2D eigenvalue weighted by Gasteiger charge is -2.22. The number of rotatable bonds is 10. The number of carbonyl (C=O) groups excluding carboxylic acids is 1. The topological polar surface area (TPSA) is 81.5 Å². The second-order valence-corrected chi connectivity index (χ2v) is 6.85. The Balaban J connectivity index is 2.39. The lowest BCUT2D eigenvalue weighted by molar-refractivity contribution is -0.384. The van der Waals surface area contributed by atoms with Crippen molar-refractivity contribution in [1.82, 2.24) is 5.32 Å². The van der Waals surface area contributed by atoms with Gasteiger partial charge in [0.25, 0.3) is 5.69 Å². The van der Waals surface area contributed by atoms with Crippen LogP contribution in [-0.2, 0) is 4.74 Å². The van der Waals surface area contributed by atoms with Crippen LogP contribution < -0.4 is 5.32 Å². The van der Waals surface area contributed by atoms with E-state index < -0.39 is 10.9 Å². The van der Waals surface area contributed by atoms with Crippen LogP contribution in [0.15, 0.2) is 24.3 Å². The summed E-state index contributed by atoms with van der Waals surface area (Å²) in [6, 6.07) is 5.84. The Morgan fingerprint density at radius 3 is 2.12 bits per heavy atom. The number of ether oxygens (including phenoxy) is 1. The Hall–Kier alpha value is -1.95. The van der Waals surface area contributed by atoms with E-state index in [1.54, 1.807) is 0 Å². The molecule has 0 bridgehead atoms. The Bertz CT molecular complexity index is 516. The molecule has 0 fully saturated rings. The number of hydrogen-bond donors (Lipinski definition) is 1. The molecule has 0 radical (unpaired) electrons. The van der Waals surface area contributed by atoms with Crippen molar-refractivity contribution in [1.29, 1.82) is 0 Å². The molecule has 1 N–H and O–H groups in total. The number of non-ortho nitro benzene ring substituents is 1. The highest BCUT2D eigenvalue weighted by molar-refractivity contribution is 5.89. The molecule has 1 aromatic rings. The number of nitrogens with zero attached hydrogens (tertiary/aromatic N) is 1. The first kappa shape index (κ1) is 20.1. The molecule has 0 aliphatic carbocycles. The van der Waals surface area contributed by atoms with Gasteiger partial charge in [-0.1, -0.05) is 27.7 Å². The van der Waals surface area contributed by atoms with Crippen molar-refractivity contribution in [3.8, 4) is 0 Å². The van der Waals surface area contributed by atoms with E-state index in [1.807, 2.05) is 0 Å². The highest BCUT2D eigenvalue weighted by Crippen LogP contribution is 2.14. The molecule has 1 aromatic carbocycles. The van der Waals surface area contributed by atoms with Gasteiger partial charge in [-0.2, -0.15) is 0 Å². The molecule has 134 valence electrons. The molecule has 6 heteroatoms. The standard InChI is InChI=1S/C18H28N2O4/c1-13(2)11-16(12-14(3)4)19-9-10-24-18(21)15-5-7-17(8-6-15)20(22)23/h5-8,13-14,16,19H,9-12H2,1-4H3. The van der Waals surface area contributed by atoms with E-state index in [2.05, 4.69) is 33.0 Å². The summed E-state index contributed by atoms with van der Waals surface area (Å²) in [6.45, 7) is 9.67. The van der Waals surface area contributed by atoms with Crippen LogP contribution in [0.1, 0.15) is 50.9 Å². The van der Waals surface area contributed by atoms with Gasteiger partial charge in [-0.3, -0.25) is 10.1 Å². The normalized spacial score (nSPS) is 11.3. The summed E-state index contributed by atoms with van der Waals surface area (Å²) >= 11 is 0. The van der Waals surface area contributed by atoms with Gasteiger partial charge in [-0.05, 0) is 36.8 Å². The van der Waals surface area contributed by atoms with Gasteiger partial charge < -0.3 is 10.1 Å². The van der Waals surface area contributed by atoms with Crippen LogP contribution >= 0.6 is 0 Å². The third kappa shape index (κ3) is 7.55. The first-order valence-electron chi connectivity index (χ1n) is 8.44. The predicted octanol–water partition coefficient (Wildman–Crippen LogP) is 3.80. The number of nitro groups is 1. The van der Waals surface area contributed by atoms with Crippen molar-refractivity contribution in [2.45, 2.75) is 46.6 Å². The molecule has 0 unspecified atom stereocenters. The van der Waals surface area contributed by atoms with Crippen LogP contribution in [0, 0.1) is 22.0 Å². The van der Waals surface area contributed by atoms with Crippen molar-refractivity contribution in [2.75, 3.05) is 13.2 Å². The van der Waals surface area contributed by atoms with Gasteiger partial charge in [-0.15, -0.1) is 0 Å². The minimum atomic E-state index is -0.497. The van der Waals surface area contributed by atoms with Gasteiger partial charge in [0.2, 0.25) is 0 Å². The van der Waals surface area contributed by atoms with E-state index in [9.17, 15) is 14.9 Å². The third-order valence-electron chi connectivity index (χ3n) is 3.59. The van der Waals surface area contributed by atoms with Crippen molar-refractivity contribution in [3.63, 3.8) is 0 Å². The Morgan fingerprint density at radius 2 is 1.67 bits per heavy atom. The van der Waals surface area contributed by atoms with Crippen molar-refractivity contribution < 1.29 is 14.5 Å². The lowest BCUT2D eigenvalue weighted by atomic mass is 9.96. The quantitative estimate of drug-likeness (QED) is 0.304. The summed E-state index contributed by atoms with van der Waals surface area (Å²) in [5, 5.41) is 14.0. The molecule has 0 saturated heterocycles. The summed E-state index contributed by atoms with van der Waals surface area (Å²) in [7, 11) is 0. The highest BCUT2D eigenvalue weighted by Gasteiger charge is 2.13. The molecule has 1 rings (SSSR count). The zero-order valence-corrected chi connectivity index (χ0v) is 15.0. The van der Waals surface area contributed by atoms with Gasteiger partial charge in [0.15, 0.2) is 0 Å². The zero-order valence-electron chi connectivity index (χ0n) is 15.0. The smallest absolute Gasteiger partial charge is 0.338 e. The van der Waals surface area contributed by atoms with E-state index in [0.29, 0.717) is 30.0 Å². The number of nitrogens with one attached hydrogen (secondary N) is 1. The molecule has 0 atom stereocenters. The molecular formula is C18H28N2O4. The molecule has 0 saturated carbocycles. The van der Waals surface area contributed by atoms with E-state index in [4.69, 9.17) is 4.74 Å². The van der Waals surface area contributed by atoms with Gasteiger partial charge in [-0.25, -0.2) is 4.79 Å². The average Bonchev–Trinajstić information content (AvgIpc) is 2.50. The van der Waals surface area contributed by atoms with Gasteiger partial charge in [0.1, 0.15) is 6.61 Å². The number of esters is 1. The fourth-order valence-corrected chi connectivity index (χ4v) is 2.61. The fourth-order valence-electron chi connectivity index (χ4n) is 2.61. The first-order chi connectivity index (χ1) is 11.3. The van der Waals surface area contributed by atoms with Gasteiger partial charge in [0.05, 0.1) is 10.5 Å². The summed E-state index contributed by atoms with van der Waals surface area (Å²) in [6.07, 6.45) is 2.18. The number of benzene rings is 1. The number of nitro benzene ring substituents is 1. The maximum Gasteiger partial charge on any atom is 0.338 e. The number of hydrogen-bond acceptors (Lipinski definition) is 5. The minimum Gasteiger partial charge on any atom is -0.461 e. The molecule has 0 heterocycles. The molecule has 0 aliphatic rings. The second kappa shape index (κ2) is 10.0. The molecule has 0 amide bonds. The summed E-state index contributed by atoms with van der Waals surface area (Å²) in [5.41, 5.74) is 0.278. The molecule has 24 heavy (non-hydrogen) atoms. The first-order valence-corrected chi connectivity index (χ1v) is 8.44. The summed E-state index contributed by atoms with van der Waals surface area (Å²) < 4.78 is 5.22. The predicted molar refractivity (Wildman–Crippen MR) is 94.1 cm³/mol. The molecule has 0 aromatic heterocycles. The summed E-state index contributed by atoms with van der Waals surface area (Å²) in [4.78, 5) is 22.0. The van der Waals surface area contributed by atoms with Crippen LogP contribution in [0.4, 0.5) is 5.69 Å². The highest BCUT2D eigenvalue weighted by atomic mass is 16.6. The van der Waals surface area contributed by atoms with Crippen molar-refractivity contribution in [2.24, 2.45) is 11.8 Å². The maximum absolute atomic E-state index is 11.9. The number of carbonyl (C=O) groups is 1. The van der Waals surface area contributed by atoms with E-state index in [-0.39, 0.29) is 12.3 Å². The molecule has 0 aliphatic heterocycles. The zero-order chi connectivity index (χ0) is 18.1.